The molecule has 0 aliphatic rings. The summed E-state index contributed by atoms with van der Waals surface area (Å²) >= 11 is 0. The molecule has 0 fully saturated rings. The molecule has 0 aromatic heterocycles. The van der Waals surface area contributed by atoms with Gasteiger partial charge in [-0.3, -0.25) is 14.4 Å². The van der Waals surface area contributed by atoms with E-state index in [1.165, 1.54) is 0 Å². The summed E-state index contributed by atoms with van der Waals surface area (Å²) in [6, 6.07) is 4.44. The Bertz CT molecular complexity index is 641. The van der Waals surface area contributed by atoms with E-state index in [1.807, 2.05) is 27.7 Å². The number of hydrogen-bond acceptors (Lipinski definition) is 4. The van der Waals surface area contributed by atoms with Gasteiger partial charge in [0.1, 0.15) is 0 Å². The van der Waals surface area contributed by atoms with E-state index in [-0.39, 0.29) is 36.2 Å². The van der Waals surface area contributed by atoms with E-state index >= 15 is 0 Å². The lowest BCUT2D eigenvalue weighted by Gasteiger charge is -2.15. The smallest absolute Gasteiger partial charge is 0.251 e. The predicted octanol–water partition coefficient (Wildman–Crippen LogP) is 1.17. The number of anilines is 1. The van der Waals surface area contributed by atoms with E-state index in [1.54, 1.807) is 25.1 Å². The number of hydrogen-bond donors (Lipinski definition) is 4. The second kappa shape index (κ2) is 9.17. The van der Waals surface area contributed by atoms with E-state index in [0.717, 1.165) is 5.56 Å². The lowest BCUT2D eigenvalue weighted by Crippen LogP contribution is -2.46. The lowest BCUT2D eigenvalue weighted by molar-refractivity contribution is -0.125. The molecule has 0 aliphatic heterocycles. The monoisotopic (exact) mass is 348 g/mol. The van der Waals surface area contributed by atoms with Gasteiger partial charge in [0.2, 0.25) is 11.8 Å². The van der Waals surface area contributed by atoms with Crippen molar-refractivity contribution >= 4 is 23.4 Å². The maximum absolute atomic E-state index is 12.0. The highest BCUT2D eigenvalue weighted by Crippen LogP contribution is 2.15. The topological polar surface area (TPSA) is 113 Å². The van der Waals surface area contributed by atoms with Gasteiger partial charge in [0.05, 0.1) is 12.6 Å². The SMILES string of the molecule is Cc1cc(NC(=O)CNC(=O)[C@@H](N)C(C)C)ccc1C(=O)NC(C)C. The highest BCUT2D eigenvalue weighted by molar-refractivity contribution is 5.98. The Morgan fingerprint density at radius 3 is 2.28 bits per heavy atom. The van der Waals surface area contributed by atoms with Gasteiger partial charge in [0, 0.05) is 17.3 Å². The molecule has 1 aromatic carbocycles. The molecule has 5 N–H and O–H groups in total. The molecule has 0 unspecified atom stereocenters. The molecule has 7 heteroatoms. The molecule has 1 rings (SSSR count). The van der Waals surface area contributed by atoms with Gasteiger partial charge in [-0.15, -0.1) is 0 Å². The van der Waals surface area contributed by atoms with Crippen LogP contribution in [-0.4, -0.2) is 36.3 Å². The Balaban J connectivity index is 2.62. The van der Waals surface area contributed by atoms with Crippen molar-refractivity contribution in [1.29, 1.82) is 0 Å². The van der Waals surface area contributed by atoms with Gasteiger partial charge in [-0.25, -0.2) is 0 Å². The largest absolute Gasteiger partial charge is 0.350 e. The number of carbonyl (C=O) groups is 3. The summed E-state index contributed by atoms with van der Waals surface area (Å²) in [5.74, 6) is -0.874. The van der Waals surface area contributed by atoms with E-state index in [4.69, 9.17) is 5.73 Å². The van der Waals surface area contributed by atoms with Gasteiger partial charge in [-0.2, -0.15) is 0 Å². The first kappa shape index (κ1) is 20.6. The van der Waals surface area contributed by atoms with Crippen molar-refractivity contribution in [3.05, 3.63) is 29.3 Å². The standard InChI is InChI=1S/C18H28N4O3/c1-10(2)16(19)18(25)20-9-15(23)22-13-6-7-14(12(5)8-13)17(24)21-11(3)4/h6-8,10-11,16H,9,19H2,1-5H3,(H,20,25)(H,21,24)(H,22,23)/t16-/m0/s1. The van der Waals surface area contributed by atoms with Crippen LogP contribution in [0.5, 0.6) is 0 Å². The van der Waals surface area contributed by atoms with Crippen molar-refractivity contribution in [3.8, 4) is 0 Å². The van der Waals surface area contributed by atoms with Crippen molar-refractivity contribution in [2.24, 2.45) is 11.7 Å². The van der Waals surface area contributed by atoms with Crippen LogP contribution in [0.25, 0.3) is 0 Å². The molecule has 25 heavy (non-hydrogen) atoms. The summed E-state index contributed by atoms with van der Waals surface area (Å²) in [7, 11) is 0. The summed E-state index contributed by atoms with van der Waals surface area (Å²) in [6.07, 6.45) is 0. The number of amides is 3. The number of carbonyl (C=O) groups excluding carboxylic acids is 3. The van der Waals surface area contributed by atoms with Crippen LogP contribution >= 0.6 is 0 Å². The zero-order valence-corrected chi connectivity index (χ0v) is 15.5. The van der Waals surface area contributed by atoms with Crippen molar-refractivity contribution in [2.45, 2.75) is 46.7 Å². The van der Waals surface area contributed by atoms with Crippen LogP contribution in [0.1, 0.15) is 43.6 Å². The van der Waals surface area contributed by atoms with Crippen LogP contribution in [-0.2, 0) is 9.59 Å². The molecule has 0 bridgehead atoms. The molecular weight excluding hydrogens is 320 g/mol. The maximum atomic E-state index is 12.0. The third-order valence-corrected chi connectivity index (χ3v) is 3.62. The molecular formula is C18H28N4O3. The first-order valence-electron chi connectivity index (χ1n) is 8.36. The fourth-order valence-corrected chi connectivity index (χ4v) is 2.13. The van der Waals surface area contributed by atoms with Gasteiger partial charge < -0.3 is 21.7 Å². The van der Waals surface area contributed by atoms with Crippen LogP contribution in [0, 0.1) is 12.8 Å². The average molecular weight is 348 g/mol. The van der Waals surface area contributed by atoms with Crippen molar-refractivity contribution in [2.75, 3.05) is 11.9 Å². The van der Waals surface area contributed by atoms with Gasteiger partial charge in [0.25, 0.3) is 5.91 Å². The normalized spacial score (nSPS) is 12.0. The number of aryl methyl sites for hydroxylation is 1. The second-order valence-electron chi connectivity index (χ2n) is 6.69. The summed E-state index contributed by atoms with van der Waals surface area (Å²) in [5, 5.41) is 8.02. The average Bonchev–Trinajstić information content (AvgIpc) is 2.50. The zero-order chi connectivity index (χ0) is 19.1. The third-order valence-electron chi connectivity index (χ3n) is 3.62. The molecule has 1 aromatic rings. The highest BCUT2D eigenvalue weighted by Gasteiger charge is 2.17. The minimum atomic E-state index is -0.645. The molecule has 0 saturated carbocycles. The van der Waals surface area contributed by atoms with Crippen LogP contribution in [0.4, 0.5) is 5.69 Å². The van der Waals surface area contributed by atoms with E-state index in [9.17, 15) is 14.4 Å². The Morgan fingerprint density at radius 2 is 1.76 bits per heavy atom. The molecule has 138 valence electrons. The minimum absolute atomic E-state index is 0.00441. The maximum Gasteiger partial charge on any atom is 0.251 e. The van der Waals surface area contributed by atoms with Crippen molar-refractivity contribution in [1.82, 2.24) is 10.6 Å². The first-order valence-corrected chi connectivity index (χ1v) is 8.36. The van der Waals surface area contributed by atoms with E-state index in [2.05, 4.69) is 16.0 Å². The van der Waals surface area contributed by atoms with E-state index in [0.29, 0.717) is 11.3 Å². The quantitative estimate of drug-likeness (QED) is 0.592. The van der Waals surface area contributed by atoms with Gasteiger partial charge >= 0.3 is 0 Å². The van der Waals surface area contributed by atoms with Crippen LogP contribution in [0.3, 0.4) is 0 Å². The zero-order valence-electron chi connectivity index (χ0n) is 15.5. The third kappa shape index (κ3) is 6.54. The van der Waals surface area contributed by atoms with Crippen LogP contribution in [0.15, 0.2) is 18.2 Å². The minimum Gasteiger partial charge on any atom is -0.350 e. The Hall–Kier alpha value is -2.41. The summed E-state index contributed by atoms with van der Waals surface area (Å²) < 4.78 is 0. The Morgan fingerprint density at radius 1 is 1.12 bits per heavy atom. The molecule has 7 nitrogen and oxygen atoms in total. The van der Waals surface area contributed by atoms with Gasteiger partial charge in [0.15, 0.2) is 0 Å². The van der Waals surface area contributed by atoms with Crippen LogP contribution < -0.4 is 21.7 Å². The molecule has 0 aliphatic carbocycles. The summed E-state index contributed by atoms with van der Waals surface area (Å²) in [4.78, 5) is 35.7. The number of nitrogens with two attached hydrogens (primary N) is 1. The van der Waals surface area contributed by atoms with Crippen LogP contribution in [0.2, 0.25) is 0 Å². The highest BCUT2D eigenvalue weighted by atomic mass is 16.2. The number of benzene rings is 1. The molecule has 0 saturated heterocycles. The molecule has 0 heterocycles. The molecule has 0 radical (unpaired) electrons. The second-order valence-corrected chi connectivity index (χ2v) is 6.69. The fourth-order valence-electron chi connectivity index (χ4n) is 2.13. The Labute approximate surface area is 148 Å². The number of nitrogens with one attached hydrogen (secondary N) is 3. The summed E-state index contributed by atoms with van der Waals surface area (Å²) in [5.41, 5.74) is 7.59. The first-order chi connectivity index (χ1) is 11.6. The molecule has 3 amide bonds. The van der Waals surface area contributed by atoms with Crippen molar-refractivity contribution < 1.29 is 14.4 Å². The van der Waals surface area contributed by atoms with Gasteiger partial charge in [-0.1, -0.05) is 13.8 Å². The predicted molar refractivity (Wildman–Crippen MR) is 98.2 cm³/mol. The summed E-state index contributed by atoms with van der Waals surface area (Å²) in [6.45, 7) is 9.10. The fraction of sp³-hybridized carbons (Fsp3) is 0.500. The molecule has 1 atom stereocenters. The number of rotatable bonds is 7. The Kier molecular flexibility index (Phi) is 7.57. The molecule has 0 spiro atoms. The lowest BCUT2D eigenvalue weighted by atomic mass is 10.1. The van der Waals surface area contributed by atoms with Crippen molar-refractivity contribution in [3.63, 3.8) is 0 Å². The van der Waals surface area contributed by atoms with Gasteiger partial charge in [-0.05, 0) is 50.5 Å². The van der Waals surface area contributed by atoms with E-state index < -0.39 is 6.04 Å².